The standard InChI is InChI=1S/C12H9F3N2O/c13-12(14,15)18-11-5-9(4-10(16)6-11)8-2-1-3-17-7-8/h1-7H,16H2. The molecule has 94 valence electrons. The molecule has 0 aliphatic heterocycles. The molecule has 1 aromatic heterocycles. The van der Waals surface area contributed by atoms with Crippen molar-refractivity contribution < 1.29 is 17.9 Å². The molecule has 0 unspecified atom stereocenters. The Bertz CT molecular complexity index is 541. The van der Waals surface area contributed by atoms with Gasteiger partial charge < -0.3 is 10.5 Å². The topological polar surface area (TPSA) is 48.1 Å². The largest absolute Gasteiger partial charge is 0.573 e. The van der Waals surface area contributed by atoms with Crippen LogP contribution in [0, 0.1) is 0 Å². The van der Waals surface area contributed by atoms with E-state index < -0.39 is 6.36 Å². The Morgan fingerprint density at radius 3 is 2.50 bits per heavy atom. The molecule has 0 saturated heterocycles. The molecular formula is C12H9F3N2O. The van der Waals surface area contributed by atoms with Gasteiger partial charge in [0, 0.05) is 29.7 Å². The van der Waals surface area contributed by atoms with E-state index in [2.05, 4.69) is 9.72 Å². The molecule has 0 spiro atoms. The second kappa shape index (κ2) is 4.56. The Hall–Kier alpha value is -2.24. The third-order valence-corrected chi connectivity index (χ3v) is 2.16. The molecule has 0 amide bonds. The van der Waals surface area contributed by atoms with Crippen molar-refractivity contribution in [1.29, 1.82) is 0 Å². The van der Waals surface area contributed by atoms with Crippen molar-refractivity contribution in [3.63, 3.8) is 0 Å². The molecule has 6 heteroatoms. The maximum atomic E-state index is 12.1. The number of rotatable bonds is 2. The molecule has 0 aliphatic carbocycles. The van der Waals surface area contributed by atoms with Crippen molar-refractivity contribution in [3.8, 4) is 16.9 Å². The van der Waals surface area contributed by atoms with E-state index in [1.165, 1.54) is 12.3 Å². The molecule has 2 rings (SSSR count). The fourth-order valence-corrected chi connectivity index (χ4v) is 1.51. The summed E-state index contributed by atoms with van der Waals surface area (Å²) in [5, 5.41) is 0. The number of hydrogen-bond donors (Lipinski definition) is 1. The molecule has 2 aromatic rings. The minimum atomic E-state index is -4.74. The lowest BCUT2D eigenvalue weighted by Gasteiger charge is -2.11. The summed E-state index contributed by atoms with van der Waals surface area (Å²) in [6.07, 6.45) is -1.63. The molecule has 18 heavy (non-hydrogen) atoms. The molecule has 0 atom stereocenters. The molecule has 0 saturated carbocycles. The van der Waals surface area contributed by atoms with Gasteiger partial charge in [0.05, 0.1) is 0 Å². The van der Waals surface area contributed by atoms with Crippen LogP contribution in [0.4, 0.5) is 18.9 Å². The van der Waals surface area contributed by atoms with Crippen LogP contribution in [0.25, 0.3) is 11.1 Å². The molecule has 0 aliphatic rings. The third kappa shape index (κ3) is 3.13. The lowest BCUT2D eigenvalue weighted by Crippen LogP contribution is -2.17. The second-order valence-electron chi connectivity index (χ2n) is 3.58. The van der Waals surface area contributed by atoms with E-state index in [0.717, 1.165) is 6.07 Å². The highest BCUT2D eigenvalue weighted by Crippen LogP contribution is 2.30. The summed E-state index contributed by atoms with van der Waals surface area (Å²) in [4.78, 5) is 3.89. The van der Waals surface area contributed by atoms with Crippen LogP contribution >= 0.6 is 0 Å². The van der Waals surface area contributed by atoms with Crippen LogP contribution in [0.1, 0.15) is 0 Å². The predicted molar refractivity (Wildman–Crippen MR) is 60.8 cm³/mol. The van der Waals surface area contributed by atoms with Crippen LogP contribution in [0.5, 0.6) is 5.75 Å². The Labute approximate surface area is 101 Å². The fraction of sp³-hybridized carbons (Fsp3) is 0.0833. The van der Waals surface area contributed by atoms with Crippen molar-refractivity contribution >= 4 is 5.69 Å². The predicted octanol–water partition coefficient (Wildman–Crippen LogP) is 3.23. The van der Waals surface area contributed by atoms with Crippen LogP contribution in [-0.2, 0) is 0 Å². The lowest BCUT2D eigenvalue weighted by atomic mass is 10.1. The molecular weight excluding hydrogens is 245 g/mol. The summed E-state index contributed by atoms with van der Waals surface area (Å²) in [7, 11) is 0. The van der Waals surface area contributed by atoms with Crippen LogP contribution in [0.3, 0.4) is 0 Å². The van der Waals surface area contributed by atoms with Crippen molar-refractivity contribution in [2.45, 2.75) is 6.36 Å². The first-order valence-corrected chi connectivity index (χ1v) is 5.01. The molecule has 1 aromatic carbocycles. The Balaban J connectivity index is 2.39. The maximum absolute atomic E-state index is 12.1. The molecule has 0 bridgehead atoms. The van der Waals surface area contributed by atoms with Gasteiger partial charge in [0.2, 0.25) is 0 Å². The normalized spacial score (nSPS) is 11.3. The van der Waals surface area contributed by atoms with Gasteiger partial charge in [0.1, 0.15) is 5.75 Å². The SMILES string of the molecule is Nc1cc(OC(F)(F)F)cc(-c2cccnc2)c1. The summed E-state index contributed by atoms with van der Waals surface area (Å²) >= 11 is 0. The van der Waals surface area contributed by atoms with Gasteiger partial charge in [-0.3, -0.25) is 4.98 Å². The number of benzene rings is 1. The molecule has 3 nitrogen and oxygen atoms in total. The Morgan fingerprint density at radius 2 is 1.89 bits per heavy atom. The zero-order valence-corrected chi connectivity index (χ0v) is 9.11. The highest BCUT2D eigenvalue weighted by atomic mass is 19.4. The molecule has 2 N–H and O–H groups in total. The number of nitrogen functional groups attached to an aromatic ring is 1. The van der Waals surface area contributed by atoms with Crippen molar-refractivity contribution in [3.05, 3.63) is 42.7 Å². The number of pyridine rings is 1. The Kier molecular flexibility index (Phi) is 3.10. The van der Waals surface area contributed by atoms with Gasteiger partial charge in [-0.1, -0.05) is 6.07 Å². The van der Waals surface area contributed by atoms with Crippen molar-refractivity contribution in [1.82, 2.24) is 4.98 Å². The first kappa shape index (κ1) is 12.2. The van der Waals surface area contributed by atoms with Crippen LogP contribution in [-0.4, -0.2) is 11.3 Å². The number of hydrogen-bond acceptors (Lipinski definition) is 3. The van der Waals surface area contributed by atoms with Gasteiger partial charge >= 0.3 is 6.36 Å². The summed E-state index contributed by atoms with van der Waals surface area (Å²) in [6, 6.07) is 7.34. The number of alkyl halides is 3. The van der Waals surface area contributed by atoms with Gasteiger partial charge in [-0.2, -0.15) is 0 Å². The van der Waals surface area contributed by atoms with E-state index in [1.807, 2.05) is 0 Å². The first-order valence-electron chi connectivity index (χ1n) is 5.01. The molecule has 0 radical (unpaired) electrons. The smallest absolute Gasteiger partial charge is 0.406 e. The summed E-state index contributed by atoms with van der Waals surface area (Å²) in [5.74, 6) is -0.346. The minimum Gasteiger partial charge on any atom is -0.406 e. The number of ether oxygens (including phenoxy) is 1. The minimum absolute atomic E-state index is 0.190. The number of aromatic nitrogens is 1. The third-order valence-electron chi connectivity index (χ3n) is 2.16. The van der Waals surface area contributed by atoms with Gasteiger partial charge in [-0.15, -0.1) is 13.2 Å². The monoisotopic (exact) mass is 254 g/mol. The summed E-state index contributed by atoms with van der Waals surface area (Å²) in [5.41, 5.74) is 6.92. The van der Waals surface area contributed by atoms with E-state index in [0.29, 0.717) is 11.1 Å². The average molecular weight is 254 g/mol. The number of anilines is 1. The number of nitrogens with two attached hydrogens (primary N) is 1. The fourth-order valence-electron chi connectivity index (χ4n) is 1.51. The Morgan fingerprint density at radius 1 is 1.11 bits per heavy atom. The summed E-state index contributed by atoms with van der Waals surface area (Å²) < 4.78 is 40.2. The van der Waals surface area contributed by atoms with Crippen LogP contribution < -0.4 is 10.5 Å². The van der Waals surface area contributed by atoms with Gasteiger partial charge in [0.15, 0.2) is 0 Å². The molecule has 0 fully saturated rings. The van der Waals surface area contributed by atoms with Crippen molar-refractivity contribution in [2.75, 3.05) is 5.73 Å². The average Bonchev–Trinajstić information content (AvgIpc) is 2.27. The van der Waals surface area contributed by atoms with Crippen LogP contribution in [0.2, 0.25) is 0 Å². The van der Waals surface area contributed by atoms with Crippen molar-refractivity contribution in [2.24, 2.45) is 0 Å². The summed E-state index contributed by atoms with van der Waals surface area (Å²) in [6.45, 7) is 0. The maximum Gasteiger partial charge on any atom is 0.573 e. The van der Waals surface area contributed by atoms with Gasteiger partial charge in [0.25, 0.3) is 0 Å². The second-order valence-corrected chi connectivity index (χ2v) is 3.58. The number of halogens is 3. The lowest BCUT2D eigenvalue weighted by molar-refractivity contribution is -0.274. The highest BCUT2D eigenvalue weighted by molar-refractivity contribution is 5.68. The van der Waals surface area contributed by atoms with E-state index in [-0.39, 0.29) is 11.4 Å². The highest BCUT2D eigenvalue weighted by Gasteiger charge is 2.31. The van der Waals surface area contributed by atoms with E-state index in [1.54, 1.807) is 24.4 Å². The zero-order valence-electron chi connectivity index (χ0n) is 9.11. The van der Waals surface area contributed by atoms with Crippen LogP contribution in [0.15, 0.2) is 42.7 Å². The van der Waals surface area contributed by atoms with Gasteiger partial charge in [-0.25, -0.2) is 0 Å². The van der Waals surface area contributed by atoms with E-state index in [4.69, 9.17) is 5.73 Å². The first-order chi connectivity index (χ1) is 8.44. The van der Waals surface area contributed by atoms with Gasteiger partial charge in [-0.05, 0) is 23.8 Å². The molecule has 1 heterocycles. The quantitative estimate of drug-likeness (QED) is 0.837. The van der Waals surface area contributed by atoms with E-state index in [9.17, 15) is 13.2 Å². The number of nitrogens with zero attached hydrogens (tertiary/aromatic N) is 1. The zero-order chi connectivity index (χ0) is 13.2. The van der Waals surface area contributed by atoms with E-state index >= 15 is 0 Å².